The summed E-state index contributed by atoms with van der Waals surface area (Å²) < 4.78 is 16.3. The van der Waals surface area contributed by atoms with Gasteiger partial charge in [-0.1, -0.05) is 29.8 Å². The minimum absolute atomic E-state index is 0.0962. The van der Waals surface area contributed by atoms with Crippen molar-refractivity contribution in [1.29, 1.82) is 0 Å². The van der Waals surface area contributed by atoms with E-state index in [1.54, 1.807) is 7.11 Å². The fourth-order valence-corrected chi connectivity index (χ4v) is 1.96. The molecule has 0 spiro atoms. The molecular weight excluding hydrogens is 254 g/mol. The molecule has 20 heavy (non-hydrogen) atoms. The monoisotopic (exact) mass is 281 g/mol. The summed E-state index contributed by atoms with van der Waals surface area (Å²) in [6.07, 6.45) is 0.995. The number of ether oxygens (including phenoxy) is 3. The van der Waals surface area contributed by atoms with Crippen LogP contribution in [0.3, 0.4) is 0 Å². The van der Waals surface area contributed by atoms with Crippen molar-refractivity contribution in [3.63, 3.8) is 0 Å². The molecule has 0 bridgehead atoms. The molecule has 1 aromatic rings. The average molecular weight is 281 g/mol. The molecule has 0 aliphatic heterocycles. The van der Waals surface area contributed by atoms with Crippen LogP contribution < -0.4 is 5.32 Å². The van der Waals surface area contributed by atoms with Gasteiger partial charge in [0.15, 0.2) is 0 Å². The molecule has 0 amide bonds. The molecular formula is C16H27NO3. The molecule has 1 aromatic carbocycles. The summed E-state index contributed by atoms with van der Waals surface area (Å²) in [6.45, 7) is 5.62. The second-order valence-electron chi connectivity index (χ2n) is 4.79. The molecule has 4 nitrogen and oxygen atoms in total. The van der Waals surface area contributed by atoms with E-state index in [2.05, 4.69) is 36.5 Å². The molecule has 0 fully saturated rings. The summed E-state index contributed by atoms with van der Waals surface area (Å²) in [6, 6.07) is 8.47. The van der Waals surface area contributed by atoms with Gasteiger partial charge in [-0.3, -0.25) is 0 Å². The lowest BCUT2D eigenvalue weighted by atomic mass is 10.1. The van der Waals surface area contributed by atoms with Gasteiger partial charge < -0.3 is 19.5 Å². The van der Waals surface area contributed by atoms with E-state index in [1.807, 2.05) is 7.05 Å². The van der Waals surface area contributed by atoms with Gasteiger partial charge in [0.25, 0.3) is 0 Å². The van der Waals surface area contributed by atoms with Crippen LogP contribution >= 0.6 is 0 Å². The summed E-state index contributed by atoms with van der Waals surface area (Å²) in [7, 11) is 3.62. The van der Waals surface area contributed by atoms with Crippen molar-refractivity contribution in [2.75, 3.05) is 47.1 Å². The first kappa shape index (κ1) is 17.1. The van der Waals surface area contributed by atoms with Crippen molar-refractivity contribution in [1.82, 2.24) is 5.32 Å². The quantitative estimate of drug-likeness (QED) is 0.632. The zero-order valence-corrected chi connectivity index (χ0v) is 12.9. The summed E-state index contributed by atoms with van der Waals surface area (Å²) >= 11 is 0. The Labute approximate surface area is 122 Å². The van der Waals surface area contributed by atoms with E-state index in [1.165, 1.54) is 11.1 Å². The predicted octanol–water partition coefficient (Wildman–Crippen LogP) is 2.33. The predicted molar refractivity (Wildman–Crippen MR) is 81.1 cm³/mol. The van der Waals surface area contributed by atoms with Crippen LogP contribution in [0, 0.1) is 6.92 Å². The first-order chi connectivity index (χ1) is 9.77. The average Bonchev–Trinajstić information content (AvgIpc) is 2.45. The van der Waals surface area contributed by atoms with E-state index in [9.17, 15) is 0 Å². The van der Waals surface area contributed by atoms with E-state index in [0.29, 0.717) is 26.4 Å². The molecule has 0 saturated heterocycles. The van der Waals surface area contributed by atoms with Crippen LogP contribution in [-0.4, -0.2) is 47.1 Å². The zero-order chi connectivity index (χ0) is 14.6. The van der Waals surface area contributed by atoms with Gasteiger partial charge >= 0.3 is 0 Å². The molecule has 0 aliphatic rings. The number of aryl methyl sites for hydroxylation is 1. The van der Waals surface area contributed by atoms with Crippen molar-refractivity contribution >= 4 is 0 Å². The van der Waals surface area contributed by atoms with Crippen molar-refractivity contribution < 1.29 is 14.2 Å². The van der Waals surface area contributed by atoms with E-state index < -0.39 is 0 Å². The molecule has 0 aliphatic carbocycles. The molecule has 0 heterocycles. The fraction of sp³-hybridized carbons (Fsp3) is 0.625. The molecule has 0 saturated carbocycles. The van der Waals surface area contributed by atoms with Crippen LogP contribution in [0.1, 0.15) is 23.7 Å². The van der Waals surface area contributed by atoms with Gasteiger partial charge in [0, 0.05) is 26.9 Å². The van der Waals surface area contributed by atoms with E-state index in [0.717, 1.165) is 13.0 Å². The highest BCUT2D eigenvalue weighted by Gasteiger charge is 2.10. The Hall–Kier alpha value is -0.940. The first-order valence-corrected chi connectivity index (χ1v) is 7.17. The maximum absolute atomic E-state index is 5.96. The van der Waals surface area contributed by atoms with E-state index >= 15 is 0 Å². The van der Waals surface area contributed by atoms with Gasteiger partial charge in [0.05, 0.1) is 19.3 Å². The second kappa shape index (κ2) is 10.8. The van der Waals surface area contributed by atoms with Gasteiger partial charge in [-0.15, -0.1) is 0 Å². The Balaban J connectivity index is 2.29. The SMILES string of the molecule is CNCC(OCCCOCCOC)c1cccc(C)c1. The normalized spacial score (nSPS) is 12.6. The lowest BCUT2D eigenvalue weighted by Gasteiger charge is -2.18. The molecule has 114 valence electrons. The number of hydrogen-bond acceptors (Lipinski definition) is 4. The minimum atomic E-state index is 0.0962. The minimum Gasteiger partial charge on any atom is -0.382 e. The highest BCUT2D eigenvalue weighted by Crippen LogP contribution is 2.18. The summed E-state index contributed by atoms with van der Waals surface area (Å²) in [5.74, 6) is 0. The van der Waals surface area contributed by atoms with Crippen LogP contribution in [-0.2, 0) is 14.2 Å². The highest BCUT2D eigenvalue weighted by atomic mass is 16.5. The standard InChI is InChI=1S/C16H27NO3/c1-14-6-4-7-15(12-14)16(13-17-2)20-9-5-8-19-11-10-18-3/h4,6-7,12,16-17H,5,8-11,13H2,1-3H3. The molecule has 1 N–H and O–H groups in total. The molecule has 0 radical (unpaired) electrons. The van der Waals surface area contributed by atoms with Gasteiger partial charge in [-0.2, -0.15) is 0 Å². The summed E-state index contributed by atoms with van der Waals surface area (Å²) in [5, 5.41) is 3.18. The van der Waals surface area contributed by atoms with Crippen LogP contribution in [0.25, 0.3) is 0 Å². The van der Waals surface area contributed by atoms with Crippen LogP contribution in [0.5, 0.6) is 0 Å². The number of likely N-dealkylation sites (N-methyl/N-ethyl adjacent to an activating group) is 1. The largest absolute Gasteiger partial charge is 0.382 e. The zero-order valence-electron chi connectivity index (χ0n) is 12.9. The van der Waals surface area contributed by atoms with Crippen molar-refractivity contribution in [3.8, 4) is 0 Å². The third-order valence-electron chi connectivity index (χ3n) is 2.99. The third-order valence-corrected chi connectivity index (χ3v) is 2.99. The summed E-state index contributed by atoms with van der Waals surface area (Å²) in [4.78, 5) is 0. The van der Waals surface area contributed by atoms with Gasteiger partial charge in [-0.25, -0.2) is 0 Å². The maximum Gasteiger partial charge on any atom is 0.0949 e. The Morgan fingerprint density at radius 2 is 2.00 bits per heavy atom. The third kappa shape index (κ3) is 7.01. The van der Waals surface area contributed by atoms with Gasteiger partial charge in [-0.05, 0) is 26.0 Å². The van der Waals surface area contributed by atoms with E-state index in [-0.39, 0.29) is 6.10 Å². The second-order valence-corrected chi connectivity index (χ2v) is 4.79. The Morgan fingerprint density at radius 3 is 2.70 bits per heavy atom. The number of nitrogens with one attached hydrogen (secondary N) is 1. The van der Waals surface area contributed by atoms with Crippen LogP contribution in [0.4, 0.5) is 0 Å². The fourth-order valence-electron chi connectivity index (χ4n) is 1.96. The van der Waals surface area contributed by atoms with Crippen molar-refractivity contribution in [2.45, 2.75) is 19.4 Å². The number of rotatable bonds is 11. The number of hydrogen-bond donors (Lipinski definition) is 1. The number of benzene rings is 1. The van der Waals surface area contributed by atoms with Crippen LogP contribution in [0.15, 0.2) is 24.3 Å². The smallest absolute Gasteiger partial charge is 0.0949 e. The van der Waals surface area contributed by atoms with Crippen molar-refractivity contribution in [3.05, 3.63) is 35.4 Å². The van der Waals surface area contributed by atoms with Gasteiger partial charge in [0.2, 0.25) is 0 Å². The van der Waals surface area contributed by atoms with E-state index in [4.69, 9.17) is 14.2 Å². The van der Waals surface area contributed by atoms with Crippen molar-refractivity contribution in [2.24, 2.45) is 0 Å². The molecule has 1 atom stereocenters. The molecule has 4 heteroatoms. The highest BCUT2D eigenvalue weighted by molar-refractivity contribution is 5.24. The topological polar surface area (TPSA) is 39.7 Å². The summed E-state index contributed by atoms with van der Waals surface area (Å²) in [5.41, 5.74) is 2.48. The lowest BCUT2D eigenvalue weighted by Crippen LogP contribution is -2.20. The Morgan fingerprint density at radius 1 is 1.15 bits per heavy atom. The first-order valence-electron chi connectivity index (χ1n) is 7.17. The molecule has 0 aromatic heterocycles. The Kier molecular flexibility index (Phi) is 9.24. The Bertz CT molecular complexity index is 357. The number of methoxy groups -OCH3 is 1. The van der Waals surface area contributed by atoms with Crippen LogP contribution in [0.2, 0.25) is 0 Å². The maximum atomic E-state index is 5.96. The van der Waals surface area contributed by atoms with Gasteiger partial charge in [0.1, 0.15) is 0 Å². The molecule has 1 unspecified atom stereocenters. The molecule has 1 rings (SSSR count). The lowest BCUT2D eigenvalue weighted by molar-refractivity contribution is 0.0236.